The molecule has 1 atom stereocenters. The smallest absolute Gasteiger partial charge is 0.329 e. The van der Waals surface area contributed by atoms with Crippen LogP contribution in [-0.4, -0.2) is 29.1 Å². The number of carbonyl (C=O) groups is 2. The van der Waals surface area contributed by atoms with Crippen molar-refractivity contribution in [2.45, 2.75) is 57.9 Å². The number of nitrogens with two attached hydrogens (primary N) is 1. The van der Waals surface area contributed by atoms with Gasteiger partial charge in [-0.15, -0.1) is 0 Å². The maximum absolute atomic E-state index is 12.2. The van der Waals surface area contributed by atoms with Crippen LogP contribution in [0.5, 0.6) is 0 Å². The van der Waals surface area contributed by atoms with Gasteiger partial charge in [0.15, 0.2) is 0 Å². The lowest BCUT2D eigenvalue weighted by molar-refractivity contribution is -0.150. The van der Waals surface area contributed by atoms with Gasteiger partial charge in [0.25, 0.3) is 0 Å². The maximum atomic E-state index is 12.2. The first-order valence-electron chi connectivity index (χ1n) is 7.20. The molecule has 110 valence electrons. The van der Waals surface area contributed by atoms with Crippen LogP contribution in [0.2, 0.25) is 0 Å². The van der Waals surface area contributed by atoms with E-state index in [9.17, 15) is 14.7 Å². The third-order valence-corrected chi connectivity index (χ3v) is 4.19. The van der Waals surface area contributed by atoms with Crippen molar-refractivity contribution in [3.05, 3.63) is 0 Å². The Morgan fingerprint density at radius 1 is 1.42 bits per heavy atom. The second-order valence-electron chi connectivity index (χ2n) is 5.78. The van der Waals surface area contributed by atoms with Gasteiger partial charge >= 0.3 is 5.97 Å². The van der Waals surface area contributed by atoms with Crippen molar-refractivity contribution in [2.24, 2.45) is 17.6 Å². The van der Waals surface area contributed by atoms with E-state index < -0.39 is 11.5 Å². The number of rotatable bonds is 6. The fourth-order valence-electron chi connectivity index (χ4n) is 2.69. The summed E-state index contributed by atoms with van der Waals surface area (Å²) in [5.41, 5.74) is 4.52. The van der Waals surface area contributed by atoms with E-state index >= 15 is 0 Å². The average Bonchev–Trinajstić information content (AvgIpc) is 2.38. The quantitative estimate of drug-likeness (QED) is 0.682. The van der Waals surface area contributed by atoms with Crippen LogP contribution in [-0.2, 0) is 9.59 Å². The topological polar surface area (TPSA) is 92.4 Å². The molecule has 0 bridgehead atoms. The van der Waals surface area contributed by atoms with E-state index in [-0.39, 0.29) is 18.4 Å². The fraction of sp³-hybridized carbons (Fsp3) is 0.857. The Balaban J connectivity index is 2.73. The van der Waals surface area contributed by atoms with Crippen molar-refractivity contribution in [3.8, 4) is 0 Å². The lowest BCUT2D eigenvalue weighted by Crippen LogP contribution is -2.58. The molecule has 19 heavy (non-hydrogen) atoms. The van der Waals surface area contributed by atoms with E-state index in [0.29, 0.717) is 25.2 Å². The van der Waals surface area contributed by atoms with Gasteiger partial charge in [-0.05, 0) is 38.0 Å². The lowest BCUT2D eigenvalue weighted by Gasteiger charge is -2.37. The zero-order valence-electron chi connectivity index (χ0n) is 11.9. The Labute approximate surface area is 114 Å². The van der Waals surface area contributed by atoms with Crippen LogP contribution in [0.4, 0.5) is 0 Å². The maximum Gasteiger partial charge on any atom is 0.329 e. The zero-order chi connectivity index (χ0) is 14.5. The van der Waals surface area contributed by atoms with Crippen LogP contribution in [0.3, 0.4) is 0 Å². The summed E-state index contributed by atoms with van der Waals surface area (Å²) in [6, 6.07) is 0. The molecule has 1 saturated carbocycles. The lowest BCUT2D eigenvalue weighted by atomic mass is 9.76. The van der Waals surface area contributed by atoms with Gasteiger partial charge in [-0.3, -0.25) is 4.79 Å². The van der Waals surface area contributed by atoms with Gasteiger partial charge in [-0.2, -0.15) is 0 Å². The van der Waals surface area contributed by atoms with Crippen LogP contribution in [0.1, 0.15) is 52.4 Å². The van der Waals surface area contributed by atoms with Crippen molar-refractivity contribution in [1.82, 2.24) is 5.32 Å². The van der Waals surface area contributed by atoms with E-state index in [1.165, 1.54) is 0 Å². The molecule has 5 heteroatoms. The van der Waals surface area contributed by atoms with Crippen molar-refractivity contribution < 1.29 is 14.7 Å². The third kappa shape index (κ3) is 3.93. The highest BCUT2D eigenvalue weighted by atomic mass is 16.4. The van der Waals surface area contributed by atoms with Gasteiger partial charge in [0.1, 0.15) is 5.54 Å². The Hall–Kier alpha value is -1.10. The molecule has 1 amide bonds. The number of carboxylic acid groups (broad SMARTS) is 1. The molecule has 1 aliphatic rings. The van der Waals surface area contributed by atoms with Crippen LogP contribution >= 0.6 is 0 Å². The number of hydrogen-bond donors (Lipinski definition) is 3. The third-order valence-electron chi connectivity index (χ3n) is 4.19. The average molecular weight is 270 g/mol. The van der Waals surface area contributed by atoms with Gasteiger partial charge in [-0.1, -0.05) is 20.3 Å². The highest BCUT2D eigenvalue weighted by Crippen LogP contribution is 2.32. The fourth-order valence-corrected chi connectivity index (χ4v) is 2.69. The highest BCUT2D eigenvalue weighted by Gasteiger charge is 2.43. The van der Waals surface area contributed by atoms with Crippen molar-refractivity contribution in [1.29, 1.82) is 0 Å². The summed E-state index contributed by atoms with van der Waals surface area (Å²) >= 11 is 0. The molecule has 1 rings (SSSR count). The van der Waals surface area contributed by atoms with Crippen molar-refractivity contribution in [3.63, 3.8) is 0 Å². The summed E-state index contributed by atoms with van der Waals surface area (Å²) in [7, 11) is 0. The molecule has 0 aromatic rings. The van der Waals surface area contributed by atoms with E-state index in [2.05, 4.69) is 12.2 Å². The Kier molecular flexibility index (Phi) is 5.79. The predicted octanol–water partition coefficient (Wildman–Crippen LogP) is 1.51. The number of amides is 1. The summed E-state index contributed by atoms with van der Waals surface area (Å²) < 4.78 is 0. The first-order valence-corrected chi connectivity index (χ1v) is 7.20. The molecule has 5 nitrogen and oxygen atoms in total. The first kappa shape index (κ1) is 16.0. The molecule has 0 radical (unpaired) electrons. The number of hydrogen-bond acceptors (Lipinski definition) is 3. The Morgan fingerprint density at radius 3 is 2.42 bits per heavy atom. The van der Waals surface area contributed by atoms with Crippen LogP contribution in [0, 0.1) is 11.8 Å². The second-order valence-corrected chi connectivity index (χ2v) is 5.78. The summed E-state index contributed by atoms with van der Waals surface area (Å²) in [4.78, 5) is 23.7. The molecular formula is C14H26N2O3. The molecule has 1 unspecified atom stereocenters. The molecule has 0 aliphatic heterocycles. The number of aliphatic carboxylic acids is 1. The normalized spacial score (nSPS) is 28.7. The van der Waals surface area contributed by atoms with Gasteiger partial charge in [-0.25, -0.2) is 4.79 Å². The van der Waals surface area contributed by atoms with Crippen LogP contribution in [0.15, 0.2) is 0 Å². The predicted molar refractivity (Wildman–Crippen MR) is 73.6 cm³/mol. The summed E-state index contributed by atoms with van der Waals surface area (Å²) in [6.07, 6.45) is 4.28. The highest BCUT2D eigenvalue weighted by molar-refractivity contribution is 5.88. The summed E-state index contributed by atoms with van der Waals surface area (Å²) in [6.45, 7) is 4.38. The minimum absolute atomic E-state index is 0.207. The van der Waals surface area contributed by atoms with Gasteiger partial charge < -0.3 is 16.2 Å². The van der Waals surface area contributed by atoms with Crippen LogP contribution in [0.25, 0.3) is 0 Å². The standard InChI is InChI=1S/C14H26N2O3/c1-3-4-11(9-15)12(17)16-14(13(18)19)7-5-10(2)6-8-14/h10-11H,3-9,15H2,1-2H3,(H,16,17)(H,18,19). The van der Waals surface area contributed by atoms with Crippen molar-refractivity contribution >= 4 is 11.9 Å². The molecule has 0 heterocycles. The van der Waals surface area contributed by atoms with E-state index in [1.54, 1.807) is 0 Å². The molecule has 1 aliphatic carbocycles. The monoisotopic (exact) mass is 270 g/mol. The van der Waals surface area contributed by atoms with E-state index in [1.807, 2.05) is 6.92 Å². The largest absolute Gasteiger partial charge is 0.480 e. The molecule has 0 spiro atoms. The number of carboxylic acids is 1. The van der Waals surface area contributed by atoms with Crippen LogP contribution < -0.4 is 11.1 Å². The molecule has 0 aromatic carbocycles. The summed E-state index contributed by atoms with van der Waals surface area (Å²) in [5, 5.41) is 12.2. The van der Waals surface area contributed by atoms with Gasteiger partial charge in [0.2, 0.25) is 5.91 Å². The van der Waals surface area contributed by atoms with Gasteiger partial charge in [0.05, 0.1) is 5.92 Å². The second kappa shape index (κ2) is 6.89. The Bertz CT molecular complexity index is 323. The van der Waals surface area contributed by atoms with Gasteiger partial charge in [0, 0.05) is 6.54 Å². The molecule has 1 fully saturated rings. The minimum Gasteiger partial charge on any atom is -0.480 e. The summed E-state index contributed by atoms with van der Waals surface area (Å²) in [5.74, 6) is -0.868. The number of carbonyl (C=O) groups excluding carboxylic acids is 1. The molecule has 0 aromatic heterocycles. The first-order chi connectivity index (χ1) is 8.95. The Morgan fingerprint density at radius 2 is 2.00 bits per heavy atom. The minimum atomic E-state index is -1.08. The molecule has 0 saturated heterocycles. The van der Waals surface area contributed by atoms with E-state index in [0.717, 1.165) is 19.3 Å². The van der Waals surface area contributed by atoms with Crippen molar-refractivity contribution in [2.75, 3.05) is 6.54 Å². The zero-order valence-corrected chi connectivity index (χ0v) is 11.9. The number of nitrogens with one attached hydrogen (secondary N) is 1. The molecule has 4 N–H and O–H groups in total. The SMILES string of the molecule is CCCC(CN)C(=O)NC1(C(=O)O)CCC(C)CC1. The molecular weight excluding hydrogens is 244 g/mol. The van der Waals surface area contributed by atoms with E-state index in [4.69, 9.17) is 5.73 Å².